The molecule has 0 amide bonds. The van der Waals surface area contributed by atoms with E-state index in [2.05, 4.69) is 43.4 Å². The Kier molecular flexibility index (Phi) is 3.99. The van der Waals surface area contributed by atoms with Crippen LogP contribution in [0.4, 0.5) is 0 Å². The third-order valence-corrected chi connectivity index (χ3v) is 3.02. The van der Waals surface area contributed by atoms with E-state index in [0.717, 1.165) is 12.2 Å². The van der Waals surface area contributed by atoms with Crippen molar-refractivity contribution in [3.63, 3.8) is 0 Å². The molecule has 1 aromatic heterocycles. The average Bonchev–Trinajstić information content (AvgIpc) is 2.90. The minimum Gasteiger partial charge on any atom is -0.467 e. The Morgan fingerprint density at radius 1 is 1.12 bits per heavy atom. The first kappa shape index (κ1) is 11.9. The lowest BCUT2D eigenvalue weighted by Crippen LogP contribution is -2.30. The van der Waals surface area contributed by atoms with Crippen molar-refractivity contribution in [2.75, 3.05) is 0 Å². The maximum atomic E-state index is 5.53. The van der Waals surface area contributed by atoms with Gasteiger partial charge >= 0.3 is 0 Å². The number of hydrogen-bond donors (Lipinski definition) is 1. The fourth-order valence-corrected chi connectivity index (χ4v) is 1.85. The van der Waals surface area contributed by atoms with Crippen LogP contribution in [0.5, 0.6) is 0 Å². The summed E-state index contributed by atoms with van der Waals surface area (Å²) in [6.07, 6.45) is 2.83. The summed E-state index contributed by atoms with van der Waals surface area (Å²) in [5, 5.41) is 3.59. The van der Waals surface area contributed by atoms with E-state index in [9.17, 15) is 0 Å². The van der Waals surface area contributed by atoms with Crippen LogP contribution in [0, 0.1) is 0 Å². The summed E-state index contributed by atoms with van der Waals surface area (Å²) in [5.41, 5.74) is 1.24. The van der Waals surface area contributed by atoms with Gasteiger partial charge in [0.25, 0.3) is 0 Å². The third-order valence-electron chi connectivity index (χ3n) is 3.02. The predicted octanol–water partition coefficient (Wildman–Crippen LogP) is 3.76. The maximum Gasteiger partial charge on any atom is 0.125 e. The van der Waals surface area contributed by atoms with Gasteiger partial charge in [0.1, 0.15) is 5.76 Å². The Morgan fingerprint density at radius 3 is 2.47 bits per heavy atom. The predicted molar refractivity (Wildman–Crippen MR) is 69.9 cm³/mol. The van der Waals surface area contributed by atoms with Crippen molar-refractivity contribution >= 4 is 0 Å². The summed E-state index contributed by atoms with van der Waals surface area (Å²) in [4.78, 5) is 0. The molecule has 0 saturated carbocycles. The van der Waals surface area contributed by atoms with Gasteiger partial charge in [0.05, 0.1) is 12.3 Å². The number of benzene rings is 1. The van der Waals surface area contributed by atoms with Crippen LogP contribution < -0.4 is 5.32 Å². The Labute approximate surface area is 103 Å². The molecule has 2 rings (SSSR count). The van der Waals surface area contributed by atoms with E-state index in [1.54, 1.807) is 6.26 Å². The van der Waals surface area contributed by atoms with Gasteiger partial charge in [-0.1, -0.05) is 37.3 Å². The van der Waals surface area contributed by atoms with Crippen LogP contribution in [0.1, 0.15) is 37.6 Å². The van der Waals surface area contributed by atoms with Crippen LogP contribution in [0.15, 0.2) is 53.1 Å². The molecule has 90 valence electrons. The van der Waals surface area contributed by atoms with Crippen molar-refractivity contribution in [1.29, 1.82) is 0 Å². The van der Waals surface area contributed by atoms with Crippen LogP contribution in [-0.2, 0) is 0 Å². The molecule has 2 heteroatoms. The van der Waals surface area contributed by atoms with Gasteiger partial charge in [-0.05, 0) is 31.0 Å². The Morgan fingerprint density at radius 2 is 1.88 bits per heavy atom. The number of hydrogen-bond acceptors (Lipinski definition) is 2. The summed E-state index contributed by atoms with van der Waals surface area (Å²) in [5.74, 6) is 0.969. The fourth-order valence-electron chi connectivity index (χ4n) is 1.85. The van der Waals surface area contributed by atoms with Gasteiger partial charge in [0.2, 0.25) is 0 Å². The topological polar surface area (TPSA) is 25.2 Å². The molecular weight excluding hydrogens is 210 g/mol. The van der Waals surface area contributed by atoms with Crippen molar-refractivity contribution in [3.05, 3.63) is 60.1 Å². The summed E-state index contributed by atoms with van der Waals surface area (Å²) in [6.45, 7) is 4.38. The minimum absolute atomic E-state index is 0.140. The molecule has 1 heterocycles. The molecule has 2 atom stereocenters. The molecule has 17 heavy (non-hydrogen) atoms. The molecule has 0 bridgehead atoms. The second kappa shape index (κ2) is 5.69. The van der Waals surface area contributed by atoms with Crippen LogP contribution in [0.25, 0.3) is 0 Å². The van der Waals surface area contributed by atoms with Gasteiger partial charge < -0.3 is 9.73 Å². The molecule has 2 aromatic rings. The molecule has 0 saturated heterocycles. The van der Waals surface area contributed by atoms with Gasteiger partial charge in [-0.3, -0.25) is 0 Å². The van der Waals surface area contributed by atoms with Gasteiger partial charge in [-0.25, -0.2) is 0 Å². The van der Waals surface area contributed by atoms with Crippen molar-refractivity contribution in [3.8, 4) is 0 Å². The number of furan rings is 1. The molecule has 0 aliphatic rings. The molecule has 0 spiro atoms. The van der Waals surface area contributed by atoms with E-state index < -0.39 is 0 Å². The fraction of sp³-hybridized carbons (Fsp3) is 0.333. The SMILES string of the molecule is CCC(C)NC(c1ccccc1)c1ccco1. The van der Waals surface area contributed by atoms with Crippen molar-refractivity contribution in [1.82, 2.24) is 5.32 Å². The van der Waals surface area contributed by atoms with Crippen molar-refractivity contribution in [2.45, 2.75) is 32.4 Å². The van der Waals surface area contributed by atoms with E-state index in [-0.39, 0.29) is 6.04 Å². The second-order valence-corrected chi connectivity index (χ2v) is 4.34. The Bertz CT molecular complexity index is 421. The lowest BCUT2D eigenvalue weighted by Gasteiger charge is -2.21. The highest BCUT2D eigenvalue weighted by molar-refractivity contribution is 5.26. The molecule has 0 fully saturated rings. The van der Waals surface area contributed by atoms with Gasteiger partial charge in [0.15, 0.2) is 0 Å². The van der Waals surface area contributed by atoms with Gasteiger partial charge in [0, 0.05) is 6.04 Å². The summed E-state index contributed by atoms with van der Waals surface area (Å²) in [6, 6.07) is 15.0. The van der Waals surface area contributed by atoms with E-state index in [0.29, 0.717) is 6.04 Å². The van der Waals surface area contributed by atoms with Crippen molar-refractivity contribution < 1.29 is 4.42 Å². The molecule has 2 nitrogen and oxygen atoms in total. The molecule has 1 aromatic carbocycles. The third kappa shape index (κ3) is 2.98. The van der Waals surface area contributed by atoms with E-state index in [1.807, 2.05) is 18.2 Å². The number of nitrogens with one attached hydrogen (secondary N) is 1. The zero-order valence-electron chi connectivity index (χ0n) is 10.4. The van der Waals surface area contributed by atoms with E-state index in [4.69, 9.17) is 4.42 Å². The molecule has 1 N–H and O–H groups in total. The first-order valence-corrected chi connectivity index (χ1v) is 6.15. The standard InChI is InChI=1S/C15H19NO/c1-3-12(2)16-15(14-10-7-11-17-14)13-8-5-4-6-9-13/h4-12,15-16H,3H2,1-2H3. The monoisotopic (exact) mass is 229 g/mol. The first-order valence-electron chi connectivity index (χ1n) is 6.15. The largest absolute Gasteiger partial charge is 0.467 e. The van der Waals surface area contributed by atoms with Crippen LogP contribution >= 0.6 is 0 Å². The number of rotatable bonds is 5. The Balaban J connectivity index is 2.25. The zero-order chi connectivity index (χ0) is 12.1. The molecular formula is C15H19NO. The van der Waals surface area contributed by atoms with Gasteiger partial charge in [-0.15, -0.1) is 0 Å². The molecule has 0 radical (unpaired) electrons. The molecule has 0 aliphatic carbocycles. The van der Waals surface area contributed by atoms with E-state index >= 15 is 0 Å². The second-order valence-electron chi connectivity index (χ2n) is 4.34. The Hall–Kier alpha value is -1.54. The normalized spacial score (nSPS) is 14.5. The van der Waals surface area contributed by atoms with Crippen LogP contribution in [0.2, 0.25) is 0 Å². The molecule has 2 unspecified atom stereocenters. The zero-order valence-corrected chi connectivity index (χ0v) is 10.4. The minimum atomic E-state index is 0.140. The maximum absolute atomic E-state index is 5.53. The van der Waals surface area contributed by atoms with Crippen LogP contribution in [-0.4, -0.2) is 6.04 Å². The first-order chi connectivity index (χ1) is 8.31. The summed E-state index contributed by atoms with van der Waals surface area (Å²) < 4.78 is 5.53. The quantitative estimate of drug-likeness (QED) is 0.844. The van der Waals surface area contributed by atoms with Gasteiger partial charge in [-0.2, -0.15) is 0 Å². The smallest absolute Gasteiger partial charge is 0.125 e. The summed E-state index contributed by atoms with van der Waals surface area (Å²) in [7, 11) is 0. The van der Waals surface area contributed by atoms with E-state index in [1.165, 1.54) is 5.56 Å². The van der Waals surface area contributed by atoms with Crippen LogP contribution in [0.3, 0.4) is 0 Å². The average molecular weight is 229 g/mol. The summed E-state index contributed by atoms with van der Waals surface area (Å²) >= 11 is 0. The lowest BCUT2D eigenvalue weighted by molar-refractivity contribution is 0.409. The highest BCUT2D eigenvalue weighted by Crippen LogP contribution is 2.23. The lowest BCUT2D eigenvalue weighted by atomic mass is 10.0. The molecule has 0 aliphatic heterocycles. The highest BCUT2D eigenvalue weighted by atomic mass is 16.3. The highest BCUT2D eigenvalue weighted by Gasteiger charge is 2.17. The van der Waals surface area contributed by atoms with Crippen molar-refractivity contribution in [2.24, 2.45) is 0 Å².